The summed E-state index contributed by atoms with van der Waals surface area (Å²) in [6.45, 7) is 1.44. The summed E-state index contributed by atoms with van der Waals surface area (Å²) in [5.41, 5.74) is -0.419. The minimum absolute atomic E-state index is 0.0247. The van der Waals surface area contributed by atoms with Gasteiger partial charge in [0.05, 0.1) is 17.1 Å². The molecule has 1 rings (SSSR count). The second-order valence-corrected chi connectivity index (χ2v) is 3.25. The Morgan fingerprint density at radius 1 is 1.60 bits per heavy atom. The molecule has 0 spiro atoms. The smallest absolute Gasteiger partial charge is 0.272 e. The molecule has 0 aliphatic carbocycles. The van der Waals surface area contributed by atoms with Gasteiger partial charge in [0.25, 0.3) is 5.69 Å². The maximum absolute atomic E-state index is 13.0. The largest absolute Gasteiger partial charge is 0.505 e. The molecule has 0 aromatic heterocycles. The van der Waals surface area contributed by atoms with Gasteiger partial charge >= 0.3 is 0 Å². The van der Waals surface area contributed by atoms with Crippen LogP contribution in [-0.4, -0.2) is 21.2 Å². The fraction of sp³-hybridized carbons (Fsp3) is 0.333. The first kappa shape index (κ1) is 11.4. The Balaban J connectivity index is 3.19. The second kappa shape index (κ2) is 4.22. The fourth-order valence-electron chi connectivity index (χ4n) is 1.22. The number of phenols is 1. The highest BCUT2D eigenvalue weighted by atomic mass is 19.1. The number of nitro groups is 1. The summed E-state index contributed by atoms with van der Waals surface area (Å²) in [5, 5.41) is 28.7. The number of aliphatic hydroxyl groups is 1. The van der Waals surface area contributed by atoms with E-state index >= 15 is 0 Å². The minimum atomic E-state index is -1.06. The molecule has 0 amide bonds. The summed E-state index contributed by atoms with van der Waals surface area (Å²) >= 11 is 0. The molecule has 1 aromatic carbocycles. The van der Waals surface area contributed by atoms with E-state index in [0.717, 1.165) is 6.07 Å². The van der Waals surface area contributed by atoms with E-state index in [-0.39, 0.29) is 12.0 Å². The van der Waals surface area contributed by atoms with Crippen molar-refractivity contribution in [3.8, 4) is 5.75 Å². The number of rotatable bonds is 3. The van der Waals surface area contributed by atoms with E-state index in [1.165, 1.54) is 6.92 Å². The van der Waals surface area contributed by atoms with Crippen LogP contribution in [-0.2, 0) is 6.42 Å². The SMILES string of the molecule is CC(O)Cc1cc([N+](=O)[O-])cc(F)c1O. The molecule has 0 aliphatic heterocycles. The van der Waals surface area contributed by atoms with Crippen molar-refractivity contribution >= 4 is 5.69 Å². The lowest BCUT2D eigenvalue weighted by atomic mass is 10.1. The van der Waals surface area contributed by atoms with Gasteiger partial charge in [-0.05, 0) is 6.92 Å². The molecule has 0 saturated carbocycles. The standard InChI is InChI=1S/C9H10FNO4/c1-5(12)2-6-3-7(11(14)15)4-8(10)9(6)13/h3-5,12-13H,2H2,1H3. The van der Waals surface area contributed by atoms with Crippen molar-refractivity contribution in [3.63, 3.8) is 0 Å². The predicted octanol–water partition coefficient (Wildman–Crippen LogP) is 1.36. The molecule has 0 fully saturated rings. The van der Waals surface area contributed by atoms with E-state index in [0.29, 0.717) is 6.07 Å². The number of benzene rings is 1. The van der Waals surface area contributed by atoms with Gasteiger partial charge in [0.15, 0.2) is 11.6 Å². The van der Waals surface area contributed by atoms with Crippen molar-refractivity contribution in [2.45, 2.75) is 19.4 Å². The Morgan fingerprint density at radius 3 is 2.67 bits per heavy atom. The average Bonchev–Trinajstić information content (AvgIpc) is 2.11. The van der Waals surface area contributed by atoms with Crippen LogP contribution < -0.4 is 0 Å². The van der Waals surface area contributed by atoms with Crippen molar-refractivity contribution < 1.29 is 19.5 Å². The van der Waals surface area contributed by atoms with Gasteiger partial charge in [-0.1, -0.05) is 0 Å². The Kier molecular flexibility index (Phi) is 3.21. The number of hydrogen-bond donors (Lipinski definition) is 2. The molecule has 0 bridgehead atoms. The average molecular weight is 215 g/mol. The summed E-state index contributed by atoms with van der Waals surface area (Å²) in [6.07, 6.45) is -0.845. The van der Waals surface area contributed by atoms with Crippen LogP contribution in [0.25, 0.3) is 0 Å². The third-order valence-corrected chi connectivity index (χ3v) is 1.85. The van der Waals surface area contributed by atoms with E-state index in [2.05, 4.69) is 0 Å². The van der Waals surface area contributed by atoms with Crippen LogP contribution in [0.2, 0.25) is 0 Å². The molecule has 0 aliphatic rings. The Hall–Kier alpha value is -1.69. The molecule has 2 N–H and O–H groups in total. The van der Waals surface area contributed by atoms with E-state index in [1.807, 2.05) is 0 Å². The number of aromatic hydroxyl groups is 1. The number of non-ortho nitro benzene ring substituents is 1. The van der Waals surface area contributed by atoms with E-state index in [1.54, 1.807) is 0 Å². The number of nitrogens with zero attached hydrogens (tertiary/aromatic N) is 1. The summed E-state index contributed by atoms with van der Waals surface area (Å²) < 4.78 is 13.0. The highest BCUT2D eigenvalue weighted by Crippen LogP contribution is 2.27. The number of aliphatic hydroxyl groups excluding tert-OH is 1. The third kappa shape index (κ3) is 2.63. The molecule has 0 saturated heterocycles. The number of halogens is 1. The third-order valence-electron chi connectivity index (χ3n) is 1.85. The van der Waals surface area contributed by atoms with Crippen LogP contribution in [0.5, 0.6) is 5.75 Å². The molecule has 0 radical (unpaired) electrons. The first-order chi connectivity index (χ1) is 6.91. The van der Waals surface area contributed by atoms with Gasteiger partial charge in [0.2, 0.25) is 0 Å². The molecule has 0 heterocycles. The molecule has 5 nitrogen and oxygen atoms in total. The highest BCUT2D eigenvalue weighted by Gasteiger charge is 2.16. The van der Waals surface area contributed by atoms with E-state index in [4.69, 9.17) is 5.11 Å². The molecular weight excluding hydrogens is 205 g/mol. The second-order valence-electron chi connectivity index (χ2n) is 3.25. The van der Waals surface area contributed by atoms with E-state index < -0.39 is 28.3 Å². The zero-order chi connectivity index (χ0) is 11.6. The van der Waals surface area contributed by atoms with Crippen molar-refractivity contribution in [2.24, 2.45) is 0 Å². The molecule has 15 heavy (non-hydrogen) atoms. The topological polar surface area (TPSA) is 83.6 Å². The lowest BCUT2D eigenvalue weighted by molar-refractivity contribution is -0.385. The van der Waals surface area contributed by atoms with Crippen LogP contribution in [0.1, 0.15) is 12.5 Å². The van der Waals surface area contributed by atoms with Gasteiger partial charge in [0.1, 0.15) is 0 Å². The fourth-order valence-corrected chi connectivity index (χ4v) is 1.22. The Labute approximate surface area is 84.9 Å². The van der Waals surface area contributed by atoms with Gasteiger partial charge in [-0.25, -0.2) is 4.39 Å². The maximum atomic E-state index is 13.0. The first-order valence-electron chi connectivity index (χ1n) is 4.25. The van der Waals surface area contributed by atoms with Crippen molar-refractivity contribution in [1.82, 2.24) is 0 Å². The van der Waals surface area contributed by atoms with Crippen molar-refractivity contribution in [3.05, 3.63) is 33.6 Å². The molecular formula is C9H10FNO4. The van der Waals surface area contributed by atoms with Crippen LogP contribution in [0.3, 0.4) is 0 Å². The van der Waals surface area contributed by atoms with Crippen LogP contribution in [0.15, 0.2) is 12.1 Å². The number of phenolic OH excluding ortho intramolecular Hbond substituents is 1. The van der Waals surface area contributed by atoms with Crippen LogP contribution >= 0.6 is 0 Å². The predicted molar refractivity (Wildman–Crippen MR) is 50.1 cm³/mol. The quantitative estimate of drug-likeness (QED) is 0.589. The highest BCUT2D eigenvalue weighted by molar-refractivity contribution is 5.44. The van der Waals surface area contributed by atoms with Gasteiger partial charge in [-0.15, -0.1) is 0 Å². The summed E-state index contributed by atoms with van der Waals surface area (Å²) in [4.78, 5) is 9.64. The van der Waals surface area contributed by atoms with Crippen LogP contribution in [0.4, 0.5) is 10.1 Å². The number of nitro benzene ring substituents is 1. The first-order valence-corrected chi connectivity index (χ1v) is 4.25. The molecule has 82 valence electrons. The Morgan fingerprint density at radius 2 is 2.20 bits per heavy atom. The molecule has 6 heteroatoms. The normalized spacial score (nSPS) is 12.5. The van der Waals surface area contributed by atoms with Gasteiger partial charge < -0.3 is 10.2 Å². The summed E-state index contributed by atoms with van der Waals surface area (Å²) in [6, 6.07) is 1.69. The zero-order valence-corrected chi connectivity index (χ0v) is 7.98. The van der Waals surface area contributed by atoms with Gasteiger partial charge in [-0.2, -0.15) is 0 Å². The Bertz CT molecular complexity index is 392. The summed E-state index contributed by atoms with van der Waals surface area (Å²) in [5.74, 6) is -1.71. The lowest BCUT2D eigenvalue weighted by Gasteiger charge is -2.07. The minimum Gasteiger partial charge on any atom is -0.505 e. The van der Waals surface area contributed by atoms with Gasteiger partial charge in [0, 0.05) is 18.1 Å². The molecule has 1 unspecified atom stereocenters. The summed E-state index contributed by atoms with van der Waals surface area (Å²) in [7, 11) is 0. The number of hydrogen-bond acceptors (Lipinski definition) is 4. The maximum Gasteiger partial charge on any atom is 0.272 e. The monoisotopic (exact) mass is 215 g/mol. The van der Waals surface area contributed by atoms with Gasteiger partial charge in [-0.3, -0.25) is 10.1 Å². The lowest BCUT2D eigenvalue weighted by Crippen LogP contribution is -2.05. The van der Waals surface area contributed by atoms with Crippen LogP contribution in [0, 0.1) is 15.9 Å². The van der Waals surface area contributed by atoms with Crippen molar-refractivity contribution in [1.29, 1.82) is 0 Å². The zero-order valence-electron chi connectivity index (χ0n) is 7.98. The van der Waals surface area contributed by atoms with E-state index in [9.17, 15) is 19.6 Å². The molecule has 1 atom stereocenters. The van der Waals surface area contributed by atoms with Crippen molar-refractivity contribution in [2.75, 3.05) is 0 Å². The molecule has 1 aromatic rings.